The minimum atomic E-state index is -1.12. The Morgan fingerprint density at radius 1 is 1.21 bits per heavy atom. The van der Waals surface area contributed by atoms with Gasteiger partial charge in [-0.05, 0) is 48.4 Å². The van der Waals surface area contributed by atoms with Gasteiger partial charge in [0.05, 0.1) is 0 Å². The Hall–Kier alpha value is -1.55. The Labute approximate surface area is 117 Å². The number of aliphatic carboxylic acids is 1. The van der Waals surface area contributed by atoms with Gasteiger partial charge in [0.2, 0.25) is 0 Å². The lowest BCUT2D eigenvalue weighted by Gasteiger charge is -2.04. The van der Waals surface area contributed by atoms with Gasteiger partial charge in [-0.15, -0.1) is 11.8 Å². The lowest BCUT2D eigenvalue weighted by atomic mass is 10.1. The van der Waals surface area contributed by atoms with E-state index >= 15 is 0 Å². The van der Waals surface area contributed by atoms with Crippen molar-refractivity contribution >= 4 is 23.5 Å². The van der Waals surface area contributed by atoms with Gasteiger partial charge in [-0.3, -0.25) is 4.79 Å². The molecule has 3 nitrogen and oxygen atoms in total. The highest BCUT2D eigenvalue weighted by Gasteiger charge is 2.03. The van der Waals surface area contributed by atoms with Crippen molar-refractivity contribution in [3.8, 4) is 0 Å². The number of thioether (sulfide) groups is 1. The number of hydrogen-bond donors (Lipinski definition) is 1. The monoisotopic (exact) mass is 278 g/mol. The van der Waals surface area contributed by atoms with Gasteiger partial charge in [0.25, 0.3) is 0 Å². The van der Waals surface area contributed by atoms with E-state index < -0.39 is 5.97 Å². The van der Waals surface area contributed by atoms with E-state index in [0.29, 0.717) is 11.5 Å². The van der Waals surface area contributed by atoms with Gasteiger partial charge in [-0.2, -0.15) is 0 Å². The summed E-state index contributed by atoms with van der Waals surface area (Å²) in [6, 6.07) is 7.25. The number of carboxylic acid groups (broad SMARTS) is 1. The molecule has 0 aliphatic rings. The minimum absolute atomic E-state index is 0.291. The summed E-state index contributed by atoms with van der Waals surface area (Å²) in [5.74, 6) is 0.342. The van der Waals surface area contributed by atoms with E-state index in [9.17, 15) is 9.59 Å². The molecule has 1 aromatic rings. The summed E-state index contributed by atoms with van der Waals surface area (Å²) in [6.45, 7) is 4.38. The van der Waals surface area contributed by atoms with E-state index in [1.54, 1.807) is 23.9 Å². The van der Waals surface area contributed by atoms with Crippen molar-refractivity contribution in [1.29, 1.82) is 0 Å². The standard InChI is InChI=1S/C15H18O3S/c1-11(2)9-10-19-13-5-3-12(4-6-13)14(16)7-8-15(17)18/h3-8,11H,9-10H2,1-2H3,(H,17,18)/b8-7+. The average molecular weight is 278 g/mol. The van der Waals surface area contributed by atoms with Crippen molar-refractivity contribution in [1.82, 2.24) is 0 Å². The summed E-state index contributed by atoms with van der Waals surface area (Å²) in [5, 5.41) is 8.45. The first-order valence-corrected chi connectivity index (χ1v) is 7.16. The van der Waals surface area contributed by atoms with Gasteiger partial charge >= 0.3 is 5.97 Å². The van der Waals surface area contributed by atoms with Crippen LogP contribution in [-0.4, -0.2) is 22.6 Å². The first-order valence-electron chi connectivity index (χ1n) is 6.17. The molecular weight excluding hydrogens is 260 g/mol. The Balaban J connectivity index is 2.56. The summed E-state index contributed by atoms with van der Waals surface area (Å²) < 4.78 is 0. The van der Waals surface area contributed by atoms with E-state index in [2.05, 4.69) is 13.8 Å². The summed E-state index contributed by atoms with van der Waals surface area (Å²) in [7, 11) is 0. The fraction of sp³-hybridized carbons (Fsp3) is 0.333. The van der Waals surface area contributed by atoms with Crippen LogP contribution < -0.4 is 0 Å². The quantitative estimate of drug-likeness (QED) is 0.470. The van der Waals surface area contributed by atoms with Crippen LogP contribution in [0.4, 0.5) is 0 Å². The van der Waals surface area contributed by atoms with Gasteiger partial charge in [-0.25, -0.2) is 4.79 Å². The summed E-state index contributed by atoms with van der Waals surface area (Å²) in [5.41, 5.74) is 0.505. The van der Waals surface area contributed by atoms with Crippen LogP contribution in [0.15, 0.2) is 41.3 Å². The number of benzene rings is 1. The fourth-order valence-electron chi connectivity index (χ4n) is 1.37. The maximum atomic E-state index is 11.6. The highest BCUT2D eigenvalue weighted by Crippen LogP contribution is 2.21. The van der Waals surface area contributed by atoms with Crippen LogP contribution in [0.2, 0.25) is 0 Å². The molecule has 0 aliphatic carbocycles. The molecule has 0 saturated heterocycles. The number of carbonyl (C=O) groups is 2. The molecule has 102 valence electrons. The number of carboxylic acids is 1. The Morgan fingerprint density at radius 3 is 2.37 bits per heavy atom. The zero-order valence-electron chi connectivity index (χ0n) is 11.1. The molecule has 1 N–H and O–H groups in total. The molecule has 1 rings (SSSR count). The van der Waals surface area contributed by atoms with Crippen molar-refractivity contribution in [2.75, 3.05) is 5.75 Å². The maximum Gasteiger partial charge on any atom is 0.328 e. The van der Waals surface area contributed by atoms with Crippen molar-refractivity contribution in [2.24, 2.45) is 5.92 Å². The molecule has 0 amide bonds. The largest absolute Gasteiger partial charge is 0.478 e. The predicted molar refractivity (Wildman–Crippen MR) is 77.7 cm³/mol. The smallest absolute Gasteiger partial charge is 0.328 e. The molecule has 0 aromatic heterocycles. The number of rotatable bonds is 7. The minimum Gasteiger partial charge on any atom is -0.478 e. The van der Waals surface area contributed by atoms with Crippen LogP contribution in [-0.2, 0) is 4.79 Å². The third kappa shape index (κ3) is 6.25. The van der Waals surface area contributed by atoms with E-state index in [1.807, 2.05) is 12.1 Å². The molecule has 1 aromatic carbocycles. The lowest BCUT2D eigenvalue weighted by molar-refractivity contribution is -0.131. The lowest BCUT2D eigenvalue weighted by Crippen LogP contribution is -1.96. The number of ketones is 1. The molecular formula is C15H18O3S. The molecule has 0 bridgehead atoms. The zero-order chi connectivity index (χ0) is 14.3. The van der Waals surface area contributed by atoms with Crippen LogP contribution >= 0.6 is 11.8 Å². The highest BCUT2D eigenvalue weighted by atomic mass is 32.2. The first-order chi connectivity index (χ1) is 8.99. The highest BCUT2D eigenvalue weighted by molar-refractivity contribution is 7.99. The molecule has 0 unspecified atom stereocenters. The Kier molecular flexibility index (Phi) is 6.36. The van der Waals surface area contributed by atoms with Gasteiger partial charge in [0.1, 0.15) is 0 Å². The maximum absolute atomic E-state index is 11.6. The molecule has 0 heterocycles. The third-order valence-corrected chi connectivity index (χ3v) is 3.53. The van der Waals surface area contributed by atoms with E-state index in [1.165, 1.54) is 0 Å². The van der Waals surface area contributed by atoms with Gasteiger partial charge < -0.3 is 5.11 Å². The molecule has 0 atom stereocenters. The summed E-state index contributed by atoms with van der Waals surface area (Å²) in [6.07, 6.45) is 3.09. The molecule has 0 fully saturated rings. The van der Waals surface area contributed by atoms with Crippen molar-refractivity contribution in [3.63, 3.8) is 0 Å². The van der Waals surface area contributed by atoms with Crippen LogP contribution in [0, 0.1) is 5.92 Å². The number of allylic oxidation sites excluding steroid dienone is 1. The molecule has 0 spiro atoms. The Bertz CT molecular complexity index is 461. The second-order valence-electron chi connectivity index (χ2n) is 4.59. The van der Waals surface area contributed by atoms with Crippen molar-refractivity contribution in [2.45, 2.75) is 25.2 Å². The molecule has 0 radical (unpaired) electrons. The summed E-state index contributed by atoms with van der Waals surface area (Å²) in [4.78, 5) is 23.1. The zero-order valence-corrected chi connectivity index (χ0v) is 11.9. The van der Waals surface area contributed by atoms with E-state index in [4.69, 9.17) is 5.11 Å². The van der Waals surface area contributed by atoms with Crippen LogP contribution in [0.5, 0.6) is 0 Å². The number of carbonyl (C=O) groups excluding carboxylic acids is 1. The van der Waals surface area contributed by atoms with Gasteiger partial charge in [-0.1, -0.05) is 13.8 Å². The third-order valence-electron chi connectivity index (χ3n) is 2.48. The predicted octanol–water partition coefficient (Wildman–Crippen LogP) is 3.65. The van der Waals surface area contributed by atoms with Crippen molar-refractivity contribution in [3.05, 3.63) is 42.0 Å². The number of hydrogen-bond acceptors (Lipinski definition) is 3. The van der Waals surface area contributed by atoms with Crippen LogP contribution in [0.3, 0.4) is 0 Å². The fourth-order valence-corrected chi connectivity index (χ4v) is 2.52. The first kappa shape index (κ1) is 15.5. The second-order valence-corrected chi connectivity index (χ2v) is 5.76. The summed E-state index contributed by atoms with van der Waals surface area (Å²) >= 11 is 1.76. The Morgan fingerprint density at radius 2 is 1.84 bits per heavy atom. The molecule has 0 aliphatic heterocycles. The van der Waals surface area contributed by atoms with E-state index in [0.717, 1.165) is 29.2 Å². The SMILES string of the molecule is CC(C)CCSc1ccc(C(=O)/C=C/C(=O)O)cc1. The van der Waals surface area contributed by atoms with Gasteiger partial charge in [0.15, 0.2) is 5.78 Å². The van der Waals surface area contributed by atoms with Gasteiger partial charge in [0, 0.05) is 16.5 Å². The molecule has 19 heavy (non-hydrogen) atoms. The van der Waals surface area contributed by atoms with E-state index in [-0.39, 0.29) is 5.78 Å². The second kappa shape index (κ2) is 7.79. The average Bonchev–Trinajstić information content (AvgIpc) is 2.36. The molecule has 0 saturated carbocycles. The topological polar surface area (TPSA) is 54.4 Å². The van der Waals surface area contributed by atoms with Crippen molar-refractivity contribution < 1.29 is 14.7 Å². The van der Waals surface area contributed by atoms with Crippen LogP contribution in [0.1, 0.15) is 30.6 Å². The molecule has 4 heteroatoms. The normalized spacial score (nSPS) is 11.1. The van der Waals surface area contributed by atoms with Crippen LogP contribution in [0.25, 0.3) is 0 Å².